The Labute approximate surface area is 126 Å². The van der Waals surface area contributed by atoms with E-state index in [0.717, 1.165) is 25.2 Å². The molecule has 0 bridgehead atoms. The minimum absolute atomic E-state index is 0.0890. The number of nitrogens with zero attached hydrogens (tertiary/aromatic N) is 3. The number of morpholine rings is 1. The third-order valence-corrected chi connectivity index (χ3v) is 3.84. The second-order valence-corrected chi connectivity index (χ2v) is 6.47. The van der Waals surface area contributed by atoms with Crippen LogP contribution < -0.4 is 0 Å². The molecule has 21 heavy (non-hydrogen) atoms. The van der Waals surface area contributed by atoms with E-state index >= 15 is 0 Å². The molecule has 0 radical (unpaired) electrons. The summed E-state index contributed by atoms with van der Waals surface area (Å²) >= 11 is 0. The standard InChI is InChI=1S/C17H23N3O/c1-17(2)13-20(10-14-7-5-4-6-8-14)12-16(21-17)15-9-18-19(3)11-15/h4-9,11,16H,10,12-13H2,1-3H3. The van der Waals surface area contributed by atoms with Crippen LogP contribution in [0.3, 0.4) is 0 Å². The van der Waals surface area contributed by atoms with Crippen molar-refractivity contribution in [2.24, 2.45) is 7.05 Å². The zero-order valence-electron chi connectivity index (χ0n) is 13.0. The second-order valence-electron chi connectivity index (χ2n) is 6.47. The molecule has 0 amide bonds. The fourth-order valence-electron chi connectivity index (χ4n) is 3.04. The number of hydrogen-bond donors (Lipinski definition) is 0. The van der Waals surface area contributed by atoms with Gasteiger partial charge in [0.15, 0.2) is 0 Å². The van der Waals surface area contributed by atoms with E-state index in [4.69, 9.17) is 4.74 Å². The summed E-state index contributed by atoms with van der Waals surface area (Å²) in [6, 6.07) is 10.6. The first-order chi connectivity index (χ1) is 10.0. The molecular formula is C17H23N3O. The van der Waals surface area contributed by atoms with E-state index in [1.54, 1.807) is 0 Å². The number of aromatic nitrogens is 2. The van der Waals surface area contributed by atoms with E-state index in [-0.39, 0.29) is 11.7 Å². The third kappa shape index (κ3) is 3.52. The van der Waals surface area contributed by atoms with Gasteiger partial charge in [-0.15, -0.1) is 0 Å². The minimum Gasteiger partial charge on any atom is -0.365 e. The number of ether oxygens (including phenoxy) is 1. The third-order valence-electron chi connectivity index (χ3n) is 3.84. The maximum Gasteiger partial charge on any atom is 0.0990 e. The first-order valence-electron chi connectivity index (χ1n) is 7.44. The molecule has 4 heteroatoms. The Morgan fingerprint density at radius 3 is 2.71 bits per heavy atom. The Hall–Kier alpha value is -1.65. The highest BCUT2D eigenvalue weighted by Crippen LogP contribution is 2.31. The molecule has 1 unspecified atom stereocenters. The van der Waals surface area contributed by atoms with E-state index < -0.39 is 0 Å². The maximum absolute atomic E-state index is 6.25. The van der Waals surface area contributed by atoms with Gasteiger partial charge in [-0.05, 0) is 19.4 Å². The van der Waals surface area contributed by atoms with Crippen molar-refractivity contribution in [1.82, 2.24) is 14.7 Å². The predicted octanol–water partition coefficient (Wildman–Crippen LogP) is 2.77. The molecule has 1 saturated heterocycles. The number of aryl methyl sites for hydroxylation is 1. The second kappa shape index (κ2) is 5.62. The summed E-state index contributed by atoms with van der Waals surface area (Å²) in [6.45, 7) is 7.13. The van der Waals surface area contributed by atoms with Crippen LogP contribution in [0.25, 0.3) is 0 Å². The van der Waals surface area contributed by atoms with Gasteiger partial charge in [0, 0.05) is 38.4 Å². The van der Waals surface area contributed by atoms with E-state index in [1.807, 2.05) is 24.1 Å². The quantitative estimate of drug-likeness (QED) is 0.868. The SMILES string of the molecule is Cn1cc(C2CN(Cc3ccccc3)CC(C)(C)O2)cn1. The van der Waals surface area contributed by atoms with Gasteiger partial charge in [-0.25, -0.2) is 0 Å². The number of benzene rings is 1. The van der Waals surface area contributed by atoms with E-state index in [1.165, 1.54) is 5.56 Å². The largest absolute Gasteiger partial charge is 0.365 e. The molecule has 2 aromatic rings. The lowest BCUT2D eigenvalue weighted by Gasteiger charge is -2.42. The fourth-order valence-corrected chi connectivity index (χ4v) is 3.04. The van der Waals surface area contributed by atoms with Crippen LogP contribution in [0.15, 0.2) is 42.7 Å². The van der Waals surface area contributed by atoms with Crippen molar-refractivity contribution in [1.29, 1.82) is 0 Å². The van der Waals surface area contributed by atoms with Crippen molar-refractivity contribution in [3.63, 3.8) is 0 Å². The van der Waals surface area contributed by atoms with Crippen molar-refractivity contribution >= 4 is 0 Å². The molecule has 3 rings (SSSR count). The molecule has 0 N–H and O–H groups in total. The minimum atomic E-state index is -0.145. The van der Waals surface area contributed by atoms with E-state index in [9.17, 15) is 0 Å². The van der Waals surface area contributed by atoms with Gasteiger partial charge < -0.3 is 4.74 Å². The highest BCUT2D eigenvalue weighted by Gasteiger charge is 2.34. The predicted molar refractivity (Wildman–Crippen MR) is 82.8 cm³/mol. The van der Waals surface area contributed by atoms with E-state index in [2.05, 4.69) is 54.2 Å². The Bertz CT molecular complexity index is 591. The van der Waals surface area contributed by atoms with Gasteiger partial charge in [0.1, 0.15) is 0 Å². The van der Waals surface area contributed by atoms with Crippen LogP contribution >= 0.6 is 0 Å². The Balaban J connectivity index is 1.76. The zero-order valence-corrected chi connectivity index (χ0v) is 13.0. The smallest absolute Gasteiger partial charge is 0.0990 e. The van der Waals surface area contributed by atoms with Crippen LogP contribution in [0.4, 0.5) is 0 Å². The van der Waals surface area contributed by atoms with Crippen molar-refractivity contribution in [2.75, 3.05) is 13.1 Å². The first kappa shape index (κ1) is 14.3. The summed E-state index contributed by atoms with van der Waals surface area (Å²) < 4.78 is 8.08. The van der Waals surface area contributed by atoms with Crippen molar-refractivity contribution in [3.8, 4) is 0 Å². The Morgan fingerprint density at radius 2 is 2.05 bits per heavy atom. The summed E-state index contributed by atoms with van der Waals surface area (Å²) in [5, 5.41) is 4.27. The van der Waals surface area contributed by atoms with Crippen LogP contribution in [0.1, 0.15) is 31.1 Å². The van der Waals surface area contributed by atoms with Crippen LogP contribution in [-0.2, 0) is 18.3 Å². The summed E-state index contributed by atoms with van der Waals surface area (Å²) in [7, 11) is 1.94. The summed E-state index contributed by atoms with van der Waals surface area (Å²) in [5.41, 5.74) is 2.36. The van der Waals surface area contributed by atoms with Gasteiger partial charge in [0.05, 0.1) is 17.9 Å². The molecule has 1 aliphatic heterocycles. The van der Waals surface area contributed by atoms with Gasteiger partial charge in [-0.3, -0.25) is 9.58 Å². The number of hydrogen-bond acceptors (Lipinski definition) is 3. The van der Waals surface area contributed by atoms with Crippen LogP contribution in [-0.4, -0.2) is 33.4 Å². The molecule has 0 spiro atoms. The normalized spacial score (nSPS) is 22.3. The average molecular weight is 285 g/mol. The van der Waals surface area contributed by atoms with E-state index in [0.29, 0.717) is 0 Å². The lowest BCUT2D eigenvalue weighted by Crippen LogP contribution is -2.49. The molecule has 112 valence electrons. The molecule has 1 aromatic heterocycles. The molecule has 1 atom stereocenters. The molecule has 0 saturated carbocycles. The van der Waals surface area contributed by atoms with Crippen LogP contribution in [0, 0.1) is 0 Å². The number of rotatable bonds is 3. The maximum atomic E-state index is 6.25. The molecule has 1 fully saturated rings. The molecule has 1 aliphatic rings. The summed E-state index contributed by atoms with van der Waals surface area (Å²) in [4.78, 5) is 2.47. The van der Waals surface area contributed by atoms with Gasteiger partial charge >= 0.3 is 0 Å². The monoisotopic (exact) mass is 285 g/mol. The molecular weight excluding hydrogens is 262 g/mol. The fraction of sp³-hybridized carbons (Fsp3) is 0.471. The zero-order chi connectivity index (χ0) is 14.9. The summed E-state index contributed by atoms with van der Waals surface area (Å²) in [6.07, 6.45) is 4.05. The molecule has 2 heterocycles. The molecule has 0 aliphatic carbocycles. The van der Waals surface area contributed by atoms with Crippen molar-refractivity contribution in [2.45, 2.75) is 32.1 Å². The lowest BCUT2D eigenvalue weighted by molar-refractivity contribution is -0.140. The highest BCUT2D eigenvalue weighted by molar-refractivity contribution is 5.16. The molecule has 4 nitrogen and oxygen atoms in total. The lowest BCUT2D eigenvalue weighted by atomic mass is 10.0. The van der Waals surface area contributed by atoms with Gasteiger partial charge in [-0.1, -0.05) is 30.3 Å². The Morgan fingerprint density at radius 1 is 1.29 bits per heavy atom. The summed E-state index contributed by atoms with van der Waals surface area (Å²) in [5.74, 6) is 0. The molecule has 1 aromatic carbocycles. The highest BCUT2D eigenvalue weighted by atomic mass is 16.5. The van der Waals surface area contributed by atoms with Crippen molar-refractivity contribution < 1.29 is 4.74 Å². The van der Waals surface area contributed by atoms with Crippen LogP contribution in [0.2, 0.25) is 0 Å². The average Bonchev–Trinajstić information content (AvgIpc) is 2.85. The van der Waals surface area contributed by atoms with Crippen molar-refractivity contribution in [3.05, 3.63) is 53.9 Å². The van der Waals surface area contributed by atoms with Gasteiger partial charge in [0.2, 0.25) is 0 Å². The first-order valence-corrected chi connectivity index (χ1v) is 7.44. The van der Waals surface area contributed by atoms with Crippen LogP contribution in [0.5, 0.6) is 0 Å². The topological polar surface area (TPSA) is 30.3 Å². The Kier molecular flexibility index (Phi) is 3.83. The van der Waals surface area contributed by atoms with Gasteiger partial charge in [0.25, 0.3) is 0 Å². The van der Waals surface area contributed by atoms with Gasteiger partial charge in [-0.2, -0.15) is 5.10 Å².